The van der Waals surface area contributed by atoms with Gasteiger partial charge in [0.05, 0.1) is 0 Å². The molecule has 0 spiro atoms. The molecule has 0 bridgehead atoms. The average Bonchev–Trinajstić information content (AvgIpc) is 2.30. The summed E-state index contributed by atoms with van der Waals surface area (Å²) in [6, 6.07) is 0. The molecule has 1 aliphatic rings. The highest BCUT2D eigenvalue weighted by molar-refractivity contribution is 5.69. The molecule has 0 saturated carbocycles. The molecule has 0 amide bonds. The van der Waals surface area contributed by atoms with Crippen LogP contribution in [0.5, 0.6) is 0 Å². The van der Waals surface area contributed by atoms with Crippen LogP contribution in [0.15, 0.2) is 12.2 Å². The van der Waals surface area contributed by atoms with Crippen molar-refractivity contribution < 1.29 is 9.53 Å². The van der Waals surface area contributed by atoms with E-state index in [1.807, 2.05) is 6.08 Å². The largest absolute Gasteiger partial charge is 0.458 e. The number of hydrogen-bond acceptors (Lipinski definition) is 2. The van der Waals surface area contributed by atoms with Crippen LogP contribution in [-0.4, -0.2) is 12.1 Å². The first-order chi connectivity index (χ1) is 7.83. The van der Waals surface area contributed by atoms with Crippen molar-refractivity contribution in [3.63, 3.8) is 0 Å². The van der Waals surface area contributed by atoms with E-state index in [-0.39, 0.29) is 12.1 Å². The molecule has 16 heavy (non-hydrogen) atoms. The lowest BCUT2D eigenvalue weighted by atomic mass is 10.1. The first-order valence-electron chi connectivity index (χ1n) is 6.69. The van der Waals surface area contributed by atoms with Crippen LogP contribution in [0.1, 0.15) is 64.7 Å². The van der Waals surface area contributed by atoms with Gasteiger partial charge in [-0.25, -0.2) is 0 Å². The van der Waals surface area contributed by atoms with Gasteiger partial charge in [0.25, 0.3) is 0 Å². The Kier molecular flexibility index (Phi) is 6.95. The van der Waals surface area contributed by atoms with Gasteiger partial charge in [0.2, 0.25) is 0 Å². The predicted molar refractivity (Wildman–Crippen MR) is 66.2 cm³/mol. The van der Waals surface area contributed by atoms with Crippen LogP contribution in [0.4, 0.5) is 0 Å². The number of rotatable bonds is 7. The predicted octanol–water partition coefficient (Wildman–Crippen LogP) is 4.00. The molecule has 2 heteroatoms. The Morgan fingerprint density at radius 1 is 1.31 bits per heavy atom. The summed E-state index contributed by atoms with van der Waals surface area (Å²) in [6.07, 6.45) is 14.0. The van der Waals surface area contributed by atoms with Gasteiger partial charge in [-0.05, 0) is 31.8 Å². The summed E-state index contributed by atoms with van der Waals surface area (Å²) in [5.74, 6) is -0.0203. The number of hydrogen-bond donors (Lipinski definition) is 0. The summed E-state index contributed by atoms with van der Waals surface area (Å²) in [6.45, 7) is 2.20. The first kappa shape index (κ1) is 13.3. The third-order valence-corrected chi connectivity index (χ3v) is 2.98. The minimum atomic E-state index is -0.0203. The van der Waals surface area contributed by atoms with Crippen LogP contribution in [0.2, 0.25) is 0 Å². The molecule has 0 aliphatic heterocycles. The van der Waals surface area contributed by atoms with Crippen molar-refractivity contribution in [2.75, 3.05) is 0 Å². The molecule has 1 unspecified atom stereocenters. The Balaban J connectivity index is 2.02. The number of ether oxygens (including phenoxy) is 1. The molecule has 0 aromatic rings. The van der Waals surface area contributed by atoms with Crippen LogP contribution in [-0.2, 0) is 9.53 Å². The van der Waals surface area contributed by atoms with Gasteiger partial charge >= 0.3 is 5.97 Å². The van der Waals surface area contributed by atoms with Crippen molar-refractivity contribution in [2.45, 2.75) is 70.8 Å². The van der Waals surface area contributed by atoms with Crippen molar-refractivity contribution in [1.29, 1.82) is 0 Å². The van der Waals surface area contributed by atoms with Gasteiger partial charge < -0.3 is 4.74 Å². The zero-order valence-electron chi connectivity index (χ0n) is 10.4. The fourth-order valence-electron chi connectivity index (χ4n) is 1.98. The van der Waals surface area contributed by atoms with Crippen molar-refractivity contribution in [3.8, 4) is 0 Å². The van der Waals surface area contributed by atoms with Crippen LogP contribution < -0.4 is 0 Å². The fraction of sp³-hybridized carbons (Fsp3) is 0.786. The molecular weight excluding hydrogens is 200 g/mol. The maximum Gasteiger partial charge on any atom is 0.306 e. The quantitative estimate of drug-likeness (QED) is 0.371. The van der Waals surface area contributed by atoms with E-state index < -0.39 is 0 Å². The van der Waals surface area contributed by atoms with E-state index in [0.29, 0.717) is 6.42 Å². The van der Waals surface area contributed by atoms with Crippen LogP contribution >= 0.6 is 0 Å². The Hall–Kier alpha value is -0.790. The van der Waals surface area contributed by atoms with Gasteiger partial charge in [0.1, 0.15) is 6.10 Å². The maximum atomic E-state index is 11.5. The fourth-order valence-corrected chi connectivity index (χ4v) is 1.98. The van der Waals surface area contributed by atoms with Crippen molar-refractivity contribution in [1.82, 2.24) is 0 Å². The highest BCUT2D eigenvalue weighted by Crippen LogP contribution is 2.15. The second kappa shape index (κ2) is 8.37. The molecule has 2 nitrogen and oxygen atoms in total. The molecule has 0 radical (unpaired) electrons. The molecule has 0 saturated heterocycles. The number of esters is 1. The monoisotopic (exact) mass is 224 g/mol. The van der Waals surface area contributed by atoms with E-state index in [2.05, 4.69) is 13.0 Å². The summed E-state index contributed by atoms with van der Waals surface area (Å²) in [5, 5.41) is 0. The number of allylic oxidation sites excluding steroid dienone is 1. The van der Waals surface area contributed by atoms with E-state index in [1.54, 1.807) is 0 Å². The van der Waals surface area contributed by atoms with Gasteiger partial charge in [0.15, 0.2) is 0 Å². The molecule has 0 heterocycles. The summed E-state index contributed by atoms with van der Waals surface area (Å²) in [4.78, 5) is 11.5. The van der Waals surface area contributed by atoms with Gasteiger partial charge in [-0.1, -0.05) is 38.7 Å². The zero-order valence-corrected chi connectivity index (χ0v) is 10.4. The Morgan fingerprint density at radius 3 is 2.81 bits per heavy atom. The van der Waals surface area contributed by atoms with Gasteiger partial charge in [-0.3, -0.25) is 4.79 Å². The van der Waals surface area contributed by atoms with Crippen molar-refractivity contribution in [2.24, 2.45) is 0 Å². The summed E-state index contributed by atoms with van der Waals surface area (Å²) in [7, 11) is 0. The maximum absolute atomic E-state index is 11.5. The topological polar surface area (TPSA) is 26.3 Å². The average molecular weight is 224 g/mol. The molecule has 0 N–H and O–H groups in total. The Bertz CT molecular complexity index is 221. The van der Waals surface area contributed by atoms with Crippen LogP contribution in [0.25, 0.3) is 0 Å². The van der Waals surface area contributed by atoms with E-state index in [9.17, 15) is 4.79 Å². The number of unbranched alkanes of at least 4 members (excludes halogenated alkanes) is 4. The molecule has 0 aromatic heterocycles. The molecule has 92 valence electrons. The van der Waals surface area contributed by atoms with Crippen molar-refractivity contribution in [3.05, 3.63) is 12.2 Å². The number of carbonyl (C=O) groups excluding carboxylic acids is 1. The third kappa shape index (κ3) is 5.94. The summed E-state index contributed by atoms with van der Waals surface area (Å²) in [5.41, 5.74) is 0. The van der Waals surface area contributed by atoms with Gasteiger partial charge in [0, 0.05) is 6.42 Å². The lowest BCUT2D eigenvalue weighted by Crippen LogP contribution is -2.17. The van der Waals surface area contributed by atoms with E-state index in [1.165, 1.54) is 19.3 Å². The molecular formula is C14H24O2. The normalized spacial score (nSPS) is 19.7. The minimum absolute atomic E-state index is 0.0203. The standard InChI is InChI=1S/C14H24O2/c1-2-3-4-5-9-12-14(15)16-13-10-7-6-8-11-13/h7,10,13H,2-6,8-9,11-12H2,1H3. The second-order valence-corrected chi connectivity index (χ2v) is 4.55. The smallest absolute Gasteiger partial charge is 0.306 e. The zero-order chi connectivity index (χ0) is 11.6. The molecule has 0 fully saturated rings. The summed E-state index contributed by atoms with van der Waals surface area (Å²) >= 11 is 0. The first-order valence-corrected chi connectivity index (χ1v) is 6.69. The molecule has 1 atom stereocenters. The molecule has 1 rings (SSSR count). The Labute approximate surface area is 99.1 Å². The van der Waals surface area contributed by atoms with E-state index in [0.717, 1.165) is 32.1 Å². The SMILES string of the molecule is CCCCCCCC(=O)OC1C=CCCC1. The van der Waals surface area contributed by atoms with E-state index in [4.69, 9.17) is 4.74 Å². The lowest BCUT2D eigenvalue weighted by Gasteiger charge is -2.16. The minimum Gasteiger partial charge on any atom is -0.458 e. The molecule has 0 aromatic carbocycles. The third-order valence-electron chi connectivity index (χ3n) is 2.98. The highest BCUT2D eigenvalue weighted by atomic mass is 16.5. The van der Waals surface area contributed by atoms with Crippen LogP contribution in [0.3, 0.4) is 0 Å². The molecule has 1 aliphatic carbocycles. The summed E-state index contributed by atoms with van der Waals surface area (Å²) < 4.78 is 5.37. The van der Waals surface area contributed by atoms with E-state index >= 15 is 0 Å². The van der Waals surface area contributed by atoms with Crippen LogP contribution in [0, 0.1) is 0 Å². The Morgan fingerprint density at radius 2 is 2.12 bits per heavy atom. The lowest BCUT2D eigenvalue weighted by molar-refractivity contribution is -0.147. The van der Waals surface area contributed by atoms with Gasteiger partial charge in [-0.15, -0.1) is 0 Å². The van der Waals surface area contributed by atoms with Gasteiger partial charge in [-0.2, -0.15) is 0 Å². The number of carbonyl (C=O) groups is 1. The van der Waals surface area contributed by atoms with Crippen molar-refractivity contribution >= 4 is 5.97 Å². The highest BCUT2D eigenvalue weighted by Gasteiger charge is 2.12. The second-order valence-electron chi connectivity index (χ2n) is 4.55.